The van der Waals surface area contributed by atoms with Crippen LogP contribution in [-0.4, -0.2) is 15.9 Å². The normalized spacial score (nSPS) is 11.0. The summed E-state index contributed by atoms with van der Waals surface area (Å²) in [4.78, 5) is 22.4. The molecule has 4 rings (SSSR count). The third kappa shape index (κ3) is 4.31. The highest BCUT2D eigenvalue weighted by molar-refractivity contribution is 7.20. The Kier molecular flexibility index (Phi) is 5.61. The van der Waals surface area contributed by atoms with Gasteiger partial charge in [-0.2, -0.15) is 0 Å². The SMILES string of the molecule is Nc1nc(-c2ccc(Cl)cc2Cl)c2cc(C(=O)NCc3ccc(Cl)cc3)sc2n1. The zero-order valence-corrected chi connectivity index (χ0v) is 17.8. The van der Waals surface area contributed by atoms with Gasteiger partial charge < -0.3 is 11.1 Å². The summed E-state index contributed by atoms with van der Waals surface area (Å²) in [5.74, 6) is -0.108. The van der Waals surface area contributed by atoms with E-state index in [0.29, 0.717) is 48.0 Å². The summed E-state index contributed by atoms with van der Waals surface area (Å²) >= 11 is 19.5. The number of hydrogen-bond acceptors (Lipinski definition) is 5. The van der Waals surface area contributed by atoms with E-state index in [0.717, 1.165) is 5.56 Å². The van der Waals surface area contributed by atoms with Gasteiger partial charge in [-0.3, -0.25) is 4.79 Å². The van der Waals surface area contributed by atoms with Crippen LogP contribution in [0.3, 0.4) is 0 Å². The quantitative estimate of drug-likeness (QED) is 0.399. The van der Waals surface area contributed by atoms with Gasteiger partial charge in [-0.25, -0.2) is 9.97 Å². The molecule has 2 heterocycles. The zero-order valence-electron chi connectivity index (χ0n) is 14.7. The fraction of sp³-hybridized carbons (Fsp3) is 0.0500. The van der Waals surface area contributed by atoms with Crippen LogP contribution in [0, 0.1) is 0 Å². The highest BCUT2D eigenvalue weighted by atomic mass is 35.5. The first-order valence-electron chi connectivity index (χ1n) is 8.46. The van der Waals surface area contributed by atoms with E-state index >= 15 is 0 Å². The molecule has 0 atom stereocenters. The number of anilines is 1. The van der Waals surface area contributed by atoms with E-state index in [1.165, 1.54) is 11.3 Å². The lowest BCUT2D eigenvalue weighted by Crippen LogP contribution is -2.21. The molecule has 2 aromatic heterocycles. The van der Waals surface area contributed by atoms with Crippen molar-refractivity contribution in [3.63, 3.8) is 0 Å². The highest BCUT2D eigenvalue weighted by Gasteiger charge is 2.18. The lowest BCUT2D eigenvalue weighted by molar-refractivity contribution is 0.0955. The van der Waals surface area contributed by atoms with Crippen molar-refractivity contribution in [3.8, 4) is 11.3 Å². The first kappa shape index (κ1) is 19.9. The number of carbonyl (C=O) groups excluding carboxylic acids is 1. The molecule has 0 saturated carbocycles. The molecule has 4 aromatic rings. The number of aromatic nitrogens is 2. The molecule has 9 heteroatoms. The molecule has 3 N–H and O–H groups in total. The summed E-state index contributed by atoms with van der Waals surface area (Å²) in [5, 5.41) is 5.20. The number of carbonyl (C=O) groups is 1. The van der Waals surface area contributed by atoms with Crippen molar-refractivity contribution in [2.24, 2.45) is 0 Å². The molecule has 0 bridgehead atoms. The van der Waals surface area contributed by atoms with Crippen LogP contribution < -0.4 is 11.1 Å². The Morgan fingerprint density at radius 2 is 1.72 bits per heavy atom. The topological polar surface area (TPSA) is 80.9 Å². The van der Waals surface area contributed by atoms with Crippen LogP contribution in [0.2, 0.25) is 15.1 Å². The van der Waals surface area contributed by atoms with Gasteiger partial charge in [-0.15, -0.1) is 11.3 Å². The summed E-state index contributed by atoms with van der Waals surface area (Å²) in [7, 11) is 0. The molecule has 0 aliphatic heterocycles. The van der Waals surface area contributed by atoms with E-state index in [1.807, 2.05) is 12.1 Å². The summed E-state index contributed by atoms with van der Waals surface area (Å²) < 4.78 is 0. The molecule has 0 fully saturated rings. The number of hydrogen-bond donors (Lipinski definition) is 2. The van der Waals surface area contributed by atoms with Crippen LogP contribution in [0.15, 0.2) is 48.5 Å². The van der Waals surface area contributed by atoms with Crippen molar-refractivity contribution in [2.75, 3.05) is 5.73 Å². The smallest absolute Gasteiger partial charge is 0.261 e. The zero-order chi connectivity index (χ0) is 20.5. The maximum Gasteiger partial charge on any atom is 0.261 e. The van der Waals surface area contributed by atoms with Crippen molar-refractivity contribution in [3.05, 3.63) is 74.0 Å². The van der Waals surface area contributed by atoms with Gasteiger partial charge in [0.15, 0.2) is 0 Å². The number of amides is 1. The third-order valence-electron chi connectivity index (χ3n) is 4.19. The van der Waals surface area contributed by atoms with Gasteiger partial charge in [-0.1, -0.05) is 46.9 Å². The Hall–Kier alpha value is -2.38. The molecule has 146 valence electrons. The predicted molar refractivity (Wildman–Crippen MR) is 120 cm³/mol. The molecule has 0 unspecified atom stereocenters. The minimum absolute atomic E-state index is 0.105. The van der Waals surface area contributed by atoms with E-state index in [-0.39, 0.29) is 11.9 Å². The van der Waals surface area contributed by atoms with Crippen molar-refractivity contribution in [2.45, 2.75) is 6.54 Å². The van der Waals surface area contributed by atoms with Crippen LogP contribution in [-0.2, 0) is 6.54 Å². The molecule has 0 aliphatic rings. The van der Waals surface area contributed by atoms with Crippen molar-refractivity contribution >= 4 is 68.2 Å². The molecule has 5 nitrogen and oxygen atoms in total. The number of nitrogen functional groups attached to an aromatic ring is 1. The Morgan fingerprint density at radius 3 is 2.45 bits per heavy atom. The third-order valence-corrected chi connectivity index (χ3v) is 6.01. The summed E-state index contributed by atoms with van der Waals surface area (Å²) in [5.41, 5.74) is 8.05. The maximum atomic E-state index is 12.6. The highest BCUT2D eigenvalue weighted by Crippen LogP contribution is 2.36. The largest absolute Gasteiger partial charge is 0.368 e. The molecule has 29 heavy (non-hydrogen) atoms. The van der Waals surface area contributed by atoms with Crippen molar-refractivity contribution in [1.82, 2.24) is 15.3 Å². The lowest BCUT2D eigenvalue weighted by atomic mass is 10.1. The van der Waals surface area contributed by atoms with Crippen LogP contribution in [0.25, 0.3) is 21.5 Å². The van der Waals surface area contributed by atoms with E-state index in [9.17, 15) is 4.79 Å². The van der Waals surface area contributed by atoms with Crippen LogP contribution in [0.4, 0.5) is 5.95 Å². The number of benzene rings is 2. The fourth-order valence-electron chi connectivity index (χ4n) is 2.81. The molecule has 1 amide bonds. The predicted octanol–water partition coefficient (Wildman–Crippen LogP) is 5.83. The first-order valence-corrected chi connectivity index (χ1v) is 10.4. The minimum Gasteiger partial charge on any atom is -0.368 e. The Balaban J connectivity index is 1.66. The standard InChI is InChI=1S/C20H13Cl3N4OS/c21-11-3-1-10(2-4-11)9-25-18(28)16-8-14-17(26-20(24)27-19(14)29-16)13-6-5-12(22)7-15(13)23/h1-8H,9H2,(H,25,28)(H2,24,26,27). The molecule has 0 radical (unpaired) electrons. The number of nitrogens with one attached hydrogen (secondary N) is 1. The number of thiophene rings is 1. The van der Waals surface area contributed by atoms with E-state index in [1.54, 1.807) is 36.4 Å². The Labute approximate surface area is 185 Å². The van der Waals surface area contributed by atoms with Crippen molar-refractivity contribution < 1.29 is 4.79 Å². The summed E-state index contributed by atoms with van der Waals surface area (Å²) in [6, 6.07) is 14.2. The molecule has 0 spiro atoms. The number of rotatable bonds is 4. The Bertz CT molecular complexity index is 1220. The summed E-state index contributed by atoms with van der Waals surface area (Å²) in [6.07, 6.45) is 0. The van der Waals surface area contributed by atoms with E-state index in [4.69, 9.17) is 40.5 Å². The van der Waals surface area contributed by atoms with Gasteiger partial charge in [0.1, 0.15) is 4.83 Å². The van der Waals surface area contributed by atoms with E-state index in [2.05, 4.69) is 15.3 Å². The molecular formula is C20H13Cl3N4OS. The molecule has 2 aromatic carbocycles. The fourth-order valence-corrected chi connectivity index (χ4v) is 4.39. The molecule has 0 saturated heterocycles. The number of halogens is 3. The second kappa shape index (κ2) is 8.16. The van der Waals surface area contributed by atoms with Crippen LogP contribution in [0.5, 0.6) is 0 Å². The number of nitrogens with two attached hydrogens (primary N) is 1. The molecular weight excluding hydrogens is 451 g/mol. The average molecular weight is 464 g/mol. The van der Waals surface area contributed by atoms with Crippen LogP contribution in [0.1, 0.15) is 15.2 Å². The average Bonchev–Trinajstić information content (AvgIpc) is 3.11. The van der Waals surface area contributed by atoms with Crippen molar-refractivity contribution in [1.29, 1.82) is 0 Å². The van der Waals surface area contributed by atoms with Gasteiger partial charge in [0.25, 0.3) is 5.91 Å². The molecule has 0 aliphatic carbocycles. The van der Waals surface area contributed by atoms with Gasteiger partial charge in [-0.05, 0) is 42.0 Å². The maximum absolute atomic E-state index is 12.6. The second-order valence-electron chi connectivity index (χ2n) is 6.19. The Morgan fingerprint density at radius 1 is 1.00 bits per heavy atom. The van der Waals surface area contributed by atoms with Gasteiger partial charge >= 0.3 is 0 Å². The first-order chi connectivity index (χ1) is 13.9. The van der Waals surface area contributed by atoms with Gasteiger partial charge in [0, 0.05) is 27.5 Å². The monoisotopic (exact) mass is 462 g/mol. The summed E-state index contributed by atoms with van der Waals surface area (Å²) in [6.45, 7) is 0.383. The van der Waals surface area contributed by atoms with E-state index < -0.39 is 0 Å². The number of nitrogens with zero attached hydrogens (tertiary/aromatic N) is 2. The number of fused-ring (bicyclic) bond motifs is 1. The van der Waals surface area contributed by atoms with Gasteiger partial charge in [0.05, 0.1) is 15.6 Å². The second-order valence-corrected chi connectivity index (χ2v) is 8.50. The van der Waals surface area contributed by atoms with Gasteiger partial charge in [0.2, 0.25) is 5.95 Å². The minimum atomic E-state index is -0.213. The lowest BCUT2D eigenvalue weighted by Gasteiger charge is -2.06. The van der Waals surface area contributed by atoms with Crippen LogP contribution >= 0.6 is 46.1 Å².